The van der Waals surface area contributed by atoms with Crippen LogP contribution in [0.15, 0.2) is 46.9 Å². The van der Waals surface area contributed by atoms with Crippen LogP contribution in [0.2, 0.25) is 0 Å². The van der Waals surface area contributed by atoms with Gasteiger partial charge in [-0.05, 0) is 42.8 Å². The number of halogens is 1. The van der Waals surface area contributed by atoms with Crippen LogP contribution in [0, 0.1) is 6.92 Å². The summed E-state index contributed by atoms with van der Waals surface area (Å²) in [7, 11) is 0. The predicted molar refractivity (Wildman–Crippen MR) is 93.7 cm³/mol. The highest BCUT2D eigenvalue weighted by Gasteiger charge is 2.21. The van der Waals surface area contributed by atoms with Crippen LogP contribution in [0.5, 0.6) is 17.2 Å². The van der Waals surface area contributed by atoms with Crippen LogP contribution in [0.3, 0.4) is 0 Å². The average Bonchev–Trinajstić information content (AvgIpc) is 2.60. The Morgan fingerprint density at radius 2 is 2.08 bits per heavy atom. The zero-order valence-corrected chi connectivity index (χ0v) is 14.8. The third-order valence-corrected chi connectivity index (χ3v) is 4.48. The van der Waals surface area contributed by atoms with Gasteiger partial charge in [-0.3, -0.25) is 4.79 Å². The topological polar surface area (TPSA) is 56.8 Å². The van der Waals surface area contributed by atoms with E-state index in [1.807, 2.05) is 49.4 Å². The van der Waals surface area contributed by atoms with Crippen LogP contribution in [0.25, 0.3) is 0 Å². The zero-order valence-electron chi connectivity index (χ0n) is 13.3. The molecule has 2 aromatic carbocycles. The highest BCUT2D eigenvalue weighted by atomic mass is 79.9. The van der Waals surface area contributed by atoms with E-state index in [0.717, 1.165) is 15.8 Å². The van der Waals surface area contributed by atoms with Crippen LogP contribution in [-0.2, 0) is 4.79 Å². The Morgan fingerprint density at radius 1 is 1.29 bits per heavy atom. The summed E-state index contributed by atoms with van der Waals surface area (Å²) in [5, 5.41) is 2.80. The van der Waals surface area contributed by atoms with E-state index in [9.17, 15) is 4.79 Å². The monoisotopic (exact) mass is 391 g/mol. The van der Waals surface area contributed by atoms with E-state index >= 15 is 0 Å². The largest absolute Gasteiger partial charge is 0.486 e. The van der Waals surface area contributed by atoms with Crippen molar-refractivity contribution in [1.29, 1.82) is 0 Å². The Labute approximate surface area is 149 Å². The van der Waals surface area contributed by atoms with Gasteiger partial charge >= 0.3 is 0 Å². The Hall–Kier alpha value is -2.21. The first kappa shape index (κ1) is 16.6. The Morgan fingerprint density at radius 3 is 2.88 bits per heavy atom. The molecule has 1 heterocycles. The molecule has 6 heteroatoms. The lowest BCUT2D eigenvalue weighted by atomic mass is 10.2. The first-order chi connectivity index (χ1) is 11.6. The molecule has 2 aromatic rings. The standard InChI is InChI=1S/C18H18BrNO4/c1-12-8-13(6-7-15(12)19)22-11-18(21)20-9-14-10-23-16-4-2-3-5-17(16)24-14/h2-8,14H,9-11H2,1H3,(H,20,21)/t14-/m1/s1. The van der Waals surface area contributed by atoms with Gasteiger partial charge in [0.2, 0.25) is 0 Å². The first-order valence-corrected chi connectivity index (χ1v) is 8.45. The van der Waals surface area contributed by atoms with Crippen molar-refractivity contribution in [3.63, 3.8) is 0 Å². The number of hydrogen-bond acceptors (Lipinski definition) is 4. The second-order valence-corrected chi connectivity index (χ2v) is 6.36. The average molecular weight is 392 g/mol. The molecule has 0 bridgehead atoms. The molecule has 24 heavy (non-hydrogen) atoms. The molecule has 1 amide bonds. The van der Waals surface area contributed by atoms with E-state index in [2.05, 4.69) is 21.2 Å². The van der Waals surface area contributed by atoms with Gasteiger partial charge in [0.15, 0.2) is 18.1 Å². The Kier molecular flexibility index (Phi) is 5.25. The molecule has 3 rings (SSSR count). The van der Waals surface area contributed by atoms with Crippen molar-refractivity contribution in [2.24, 2.45) is 0 Å². The Balaban J connectivity index is 1.44. The number of benzene rings is 2. The zero-order chi connectivity index (χ0) is 16.9. The number of rotatable bonds is 5. The molecular weight excluding hydrogens is 374 g/mol. The number of carbonyl (C=O) groups excluding carboxylic acids is 1. The van der Waals surface area contributed by atoms with Crippen molar-refractivity contribution in [3.05, 3.63) is 52.5 Å². The van der Waals surface area contributed by atoms with Crippen LogP contribution in [0.4, 0.5) is 0 Å². The normalized spacial score (nSPS) is 15.7. The fourth-order valence-corrected chi connectivity index (χ4v) is 2.54. The quantitative estimate of drug-likeness (QED) is 0.850. The van der Waals surface area contributed by atoms with Gasteiger partial charge in [-0.2, -0.15) is 0 Å². The van der Waals surface area contributed by atoms with Crippen molar-refractivity contribution >= 4 is 21.8 Å². The Bertz CT molecular complexity index is 735. The maximum atomic E-state index is 11.9. The molecule has 0 fully saturated rings. The first-order valence-electron chi connectivity index (χ1n) is 7.66. The second-order valence-electron chi connectivity index (χ2n) is 5.50. The van der Waals surface area contributed by atoms with Gasteiger partial charge in [-0.1, -0.05) is 28.1 Å². The molecule has 1 aliphatic rings. The molecule has 0 saturated heterocycles. The number of hydrogen-bond donors (Lipinski definition) is 1. The molecule has 1 N–H and O–H groups in total. The van der Waals surface area contributed by atoms with Crippen molar-refractivity contribution < 1.29 is 19.0 Å². The van der Waals surface area contributed by atoms with Gasteiger partial charge in [0.05, 0.1) is 6.54 Å². The highest BCUT2D eigenvalue weighted by Crippen LogP contribution is 2.30. The van der Waals surface area contributed by atoms with E-state index in [-0.39, 0.29) is 18.6 Å². The summed E-state index contributed by atoms with van der Waals surface area (Å²) in [4.78, 5) is 11.9. The van der Waals surface area contributed by atoms with Crippen LogP contribution < -0.4 is 19.5 Å². The smallest absolute Gasteiger partial charge is 0.258 e. The van der Waals surface area contributed by atoms with Crippen molar-refractivity contribution in [2.45, 2.75) is 13.0 Å². The molecule has 0 unspecified atom stereocenters. The predicted octanol–water partition coefficient (Wildman–Crippen LogP) is 3.09. The SMILES string of the molecule is Cc1cc(OCC(=O)NC[C@@H]2COc3ccccc3O2)ccc1Br. The van der Waals surface area contributed by atoms with Gasteiger partial charge in [0, 0.05) is 4.47 Å². The maximum Gasteiger partial charge on any atom is 0.258 e. The number of nitrogens with one attached hydrogen (secondary N) is 1. The molecule has 0 aromatic heterocycles. The van der Waals surface area contributed by atoms with Crippen molar-refractivity contribution in [1.82, 2.24) is 5.32 Å². The fourth-order valence-electron chi connectivity index (χ4n) is 2.30. The molecule has 1 atom stereocenters. The summed E-state index contributed by atoms with van der Waals surface area (Å²) in [6.45, 7) is 2.71. The van der Waals surface area contributed by atoms with E-state index in [0.29, 0.717) is 24.7 Å². The van der Waals surface area contributed by atoms with Gasteiger partial charge in [-0.25, -0.2) is 0 Å². The van der Waals surface area contributed by atoms with Crippen molar-refractivity contribution in [3.8, 4) is 17.2 Å². The van der Waals surface area contributed by atoms with Gasteiger partial charge in [-0.15, -0.1) is 0 Å². The summed E-state index contributed by atoms with van der Waals surface area (Å²) < 4.78 is 17.9. The number of ether oxygens (including phenoxy) is 3. The molecule has 0 spiro atoms. The van der Waals surface area contributed by atoms with E-state index in [4.69, 9.17) is 14.2 Å². The molecule has 0 radical (unpaired) electrons. The summed E-state index contributed by atoms with van der Waals surface area (Å²) >= 11 is 3.43. The summed E-state index contributed by atoms with van der Waals surface area (Å²) in [5.74, 6) is 1.90. The minimum absolute atomic E-state index is 0.0365. The number of para-hydroxylation sites is 2. The molecule has 1 aliphatic heterocycles. The highest BCUT2D eigenvalue weighted by molar-refractivity contribution is 9.10. The number of aryl methyl sites for hydroxylation is 1. The molecule has 0 saturated carbocycles. The number of amides is 1. The third-order valence-electron chi connectivity index (χ3n) is 3.59. The minimum atomic E-state index is -0.209. The summed E-state index contributed by atoms with van der Waals surface area (Å²) in [5.41, 5.74) is 1.05. The minimum Gasteiger partial charge on any atom is -0.486 e. The number of fused-ring (bicyclic) bond motifs is 1. The van der Waals surface area contributed by atoms with E-state index in [1.54, 1.807) is 0 Å². The van der Waals surface area contributed by atoms with Gasteiger partial charge in [0.25, 0.3) is 5.91 Å². The van der Waals surface area contributed by atoms with Gasteiger partial charge < -0.3 is 19.5 Å². The van der Waals surface area contributed by atoms with Crippen LogP contribution in [0.1, 0.15) is 5.56 Å². The third kappa shape index (κ3) is 4.20. The second kappa shape index (κ2) is 7.57. The van der Waals surface area contributed by atoms with E-state index < -0.39 is 0 Å². The lowest BCUT2D eigenvalue weighted by Gasteiger charge is -2.26. The van der Waals surface area contributed by atoms with E-state index in [1.165, 1.54) is 0 Å². The van der Waals surface area contributed by atoms with Crippen LogP contribution >= 0.6 is 15.9 Å². The molecule has 126 valence electrons. The molecular formula is C18H18BrNO4. The summed E-state index contributed by atoms with van der Waals surface area (Å²) in [6, 6.07) is 13.1. The van der Waals surface area contributed by atoms with Crippen molar-refractivity contribution in [2.75, 3.05) is 19.8 Å². The number of carbonyl (C=O) groups is 1. The summed E-state index contributed by atoms with van der Waals surface area (Å²) in [6.07, 6.45) is -0.209. The molecule has 0 aliphatic carbocycles. The molecule has 5 nitrogen and oxygen atoms in total. The lowest BCUT2D eigenvalue weighted by Crippen LogP contribution is -2.42. The van der Waals surface area contributed by atoms with Crippen LogP contribution in [-0.4, -0.2) is 31.8 Å². The lowest BCUT2D eigenvalue weighted by molar-refractivity contribution is -0.123. The van der Waals surface area contributed by atoms with Gasteiger partial charge in [0.1, 0.15) is 18.5 Å². The fraction of sp³-hybridized carbons (Fsp3) is 0.278. The maximum absolute atomic E-state index is 11.9.